The van der Waals surface area contributed by atoms with E-state index in [2.05, 4.69) is 4.74 Å². The molecule has 8 nitrogen and oxygen atoms in total. The third-order valence-electron chi connectivity index (χ3n) is 3.51. The fraction of sp³-hybridized carbons (Fsp3) is 0.200. The van der Waals surface area contributed by atoms with Gasteiger partial charge < -0.3 is 10.1 Å². The normalized spacial score (nSPS) is 12.4. The molecule has 0 saturated heterocycles. The lowest BCUT2D eigenvalue weighted by Crippen LogP contribution is -2.41. The number of nitro benzene ring substituents is 2. The van der Waals surface area contributed by atoms with Crippen molar-refractivity contribution >= 4 is 22.7 Å². The number of hydrogen-bond donors (Lipinski definition) is 1. The molecule has 0 aromatic heterocycles. The summed E-state index contributed by atoms with van der Waals surface area (Å²) in [7, 11) is 0. The predicted octanol–water partition coefficient (Wildman–Crippen LogP) is 5.80. The average molecular weight is 461 g/mol. The van der Waals surface area contributed by atoms with Crippen LogP contribution in [0.15, 0.2) is 36.4 Å². The maximum Gasteiger partial charge on any atom is 0.499 e. The molecule has 0 atom stereocenters. The van der Waals surface area contributed by atoms with Crippen molar-refractivity contribution in [2.24, 2.45) is 0 Å². The highest BCUT2D eigenvalue weighted by atomic mass is 19.4. The van der Waals surface area contributed by atoms with Crippen molar-refractivity contribution in [2.45, 2.75) is 18.5 Å². The Labute approximate surface area is 165 Å². The molecule has 0 amide bonds. The van der Waals surface area contributed by atoms with Gasteiger partial charge in [0.05, 0.1) is 21.5 Å². The van der Waals surface area contributed by atoms with E-state index >= 15 is 0 Å². The van der Waals surface area contributed by atoms with E-state index < -0.39 is 62.4 Å². The maximum atomic E-state index is 13.3. The van der Waals surface area contributed by atoms with Gasteiger partial charge in [-0.3, -0.25) is 20.2 Å². The number of anilines is 2. The van der Waals surface area contributed by atoms with Crippen LogP contribution in [0.2, 0.25) is 0 Å². The molecule has 16 heteroatoms. The maximum absolute atomic E-state index is 13.3. The van der Waals surface area contributed by atoms with Crippen LogP contribution in [-0.2, 0) is 6.18 Å². The van der Waals surface area contributed by atoms with Gasteiger partial charge >= 0.3 is 18.5 Å². The van der Waals surface area contributed by atoms with Gasteiger partial charge in [-0.05, 0) is 24.3 Å². The van der Waals surface area contributed by atoms with Crippen molar-refractivity contribution in [3.05, 3.63) is 62.2 Å². The third kappa shape index (κ3) is 5.26. The van der Waals surface area contributed by atoms with Gasteiger partial charge in [0.1, 0.15) is 11.4 Å². The van der Waals surface area contributed by atoms with Crippen molar-refractivity contribution in [3.63, 3.8) is 0 Å². The van der Waals surface area contributed by atoms with E-state index in [9.17, 15) is 55.4 Å². The number of alkyl halides is 8. The van der Waals surface area contributed by atoms with Crippen LogP contribution in [0.3, 0.4) is 0 Å². The van der Waals surface area contributed by atoms with Gasteiger partial charge in [-0.2, -0.15) is 35.1 Å². The summed E-state index contributed by atoms with van der Waals surface area (Å²) in [6, 6.07) is 2.77. The quantitative estimate of drug-likeness (QED) is 0.331. The molecule has 0 aliphatic rings. The van der Waals surface area contributed by atoms with Crippen LogP contribution in [-0.4, -0.2) is 22.1 Å². The molecule has 0 aliphatic carbocycles. The monoisotopic (exact) mass is 461 g/mol. The molecule has 0 aliphatic heterocycles. The first kappa shape index (κ1) is 23.6. The van der Waals surface area contributed by atoms with Crippen molar-refractivity contribution < 1.29 is 49.7 Å². The molecule has 31 heavy (non-hydrogen) atoms. The molecule has 0 heterocycles. The number of hydrogen-bond acceptors (Lipinski definition) is 6. The van der Waals surface area contributed by atoms with E-state index in [0.29, 0.717) is 24.3 Å². The fourth-order valence-corrected chi connectivity index (χ4v) is 2.17. The van der Waals surface area contributed by atoms with Crippen molar-refractivity contribution in [1.82, 2.24) is 0 Å². The van der Waals surface area contributed by atoms with Gasteiger partial charge in [0.15, 0.2) is 0 Å². The summed E-state index contributed by atoms with van der Waals surface area (Å²) < 4.78 is 106. The number of nitrogens with one attached hydrogen (secondary N) is 1. The van der Waals surface area contributed by atoms with Crippen LogP contribution in [0.4, 0.5) is 57.9 Å². The van der Waals surface area contributed by atoms with E-state index in [1.165, 1.54) is 0 Å². The Morgan fingerprint density at radius 1 is 0.839 bits per heavy atom. The second kappa shape index (κ2) is 7.84. The smallest absolute Gasteiger partial charge is 0.426 e. The first-order valence-electron chi connectivity index (χ1n) is 7.57. The predicted molar refractivity (Wildman–Crippen MR) is 86.1 cm³/mol. The lowest BCUT2D eigenvalue weighted by molar-refractivity contribution is -0.394. The van der Waals surface area contributed by atoms with Gasteiger partial charge in [0, 0.05) is 11.8 Å². The molecule has 2 aromatic carbocycles. The zero-order chi connectivity index (χ0) is 23.8. The number of nitrogens with zero attached hydrogens (tertiary/aromatic N) is 2. The van der Waals surface area contributed by atoms with Gasteiger partial charge in [-0.1, -0.05) is 0 Å². The highest BCUT2D eigenvalue weighted by Gasteiger charge is 2.61. The number of ether oxygens (including phenoxy) is 1. The minimum Gasteiger partial charge on any atom is -0.426 e. The topological polar surface area (TPSA) is 108 Å². The molecule has 0 saturated carbocycles. The molecular formula is C15H7F8N3O5. The van der Waals surface area contributed by atoms with Gasteiger partial charge in [-0.15, -0.1) is 0 Å². The molecule has 0 fully saturated rings. The van der Waals surface area contributed by atoms with Crippen LogP contribution in [0.1, 0.15) is 5.56 Å². The summed E-state index contributed by atoms with van der Waals surface area (Å²) in [5.41, 5.74) is -5.95. The van der Waals surface area contributed by atoms with Gasteiger partial charge in [0.2, 0.25) is 0 Å². The average Bonchev–Trinajstić information content (AvgIpc) is 2.60. The molecule has 0 bridgehead atoms. The number of benzene rings is 2. The van der Waals surface area contributed by atoms with E-state index in [0.717, 1.165) is 0 Å². The van der Waals surface area contributed by atoms with Crippen LogP contribution < -0.4 is 10.1 Å². The summed E-state index contributed by atoms with van der Waals surface area (Å²) in [6.07, 6.45) is -16.9. The van der Waals surface area contributed by atoms with E-state index in [1.54, 1.807) is 0 Å². The van der Waals surface area contributed by atoms with Crippen LogP contribution in [0.25, 0.3) is 0 Å². The summed E-state index contributed by atoms with van der Waals surface area (Å²) >= 11 is 0. The van der Waals surface area contributed by atoms with E-state index in [-0.39, 0.29) is 12.1 Å². The minimum absolute atomic E-state index is 0.0384. The number of halogens is 8. The Kier molecular flexibility index (Phi) is 5.96. The Balaban J connectivity index is 2.46. The summed E-state index contributed by atoms with van der Waals surface area (Å²) in [6.45, 7) is 0. The van der Waals surface area contributed by atoms with Gasteiger partial charge in [0.25, 0.3) is 11.4 Å². The van der Waals surface area contributed by atoms with Crippen LogP contribution in [0, 0.1) is 20.2 Å². The Morgan fingerprint density at radius 2 is 1.39 bits per heavy atom. The zero-order valence-electron chi connectivity index (χ0n) is 14.4. The van der Waals surface area contributed by atoms with Crippen molar-refractivity contribution in [1.29, 1.82) is 0 Å². The first-order valence-corrected chi connectivity index (χ1v) is 7.57. The molecule has 2 aromatic rings. The summed E-state index contributed by atoms with van der Waals surface area (Å²) in [5, 5.41) is 23.9. The Bertz CT molecular complexity index is 1010. The largest absolute Gasteiger partial charge is 0.499 e. The zero-order valence-corrected chi connectivity index (χ0v) is 14.4. The first-order chi connectivity index (χ1) is 14.0. The number of nitro groups is 2. The molecule has 168 valence electrons. The van der Waals surface area contributed by atoms with E-state index in [1.807, 2.05) is 5.32 Å². The molecule has 0 spiro atoms. The molecule has 0 unspecified atom stereocenters. The SMILES string of the molecule is O=[N+]([O-])c1cc([N+](=O)[O-])c(Nc2ccc(OC(F)(F)C(F)(F)F)cc2)c(C(F)(F)F)c1. The van der Waals surface area contributed by atoms with Crippen LogP contribution >= 0.6 is 0 Å². The van der Waals surface area contributed by atoms with Gasteiger partial charge in [-0.25, -0.2) is 0 Å². The molecule has 1 N–H and O–H groups in total. The number of rotatable bonds is 6. The third-order valence-corrected chi connectivity index (χ3v) is 3.51. The number of non-ortho nitro benzene ring substituents is 1. The highest BCUT2D eigenvalue weighted by molar-refractivity contribution is 5.76. The summed E-state index contributed by atoms with van der Waals surface area (Å²) in [4.78, 5) is 19.3. The van der Waals surface area contributed by atoms with Crippen molar-refractivity contribution in [3.8, 4) is 5.75 Å². The molecule has 0 radical (unpaired) electrons. The molecular weight excluding hydrogens is 454 g/mol. The Hall–Kier alpha value is -3.72. The summed E-state index contributed by atoms with van der Waals surface area (Å²) in [5.74, 6) is -1.01. The fourth-order valence-electron chi connectivity index (χ4n) is 2.17. The second-order valence-corrected chi connectivity index (χ2v) is 5.67. The lowest BCUT2D eigenvalue weighted by Gasteiger charge is -2.20. The van der Waals surface area contributed by atoms with Crippen LogP contribution in [0.5, 0.6) is 5.75 Å². The molecule has 2 rings (SSSR count). The standard InChI is InChI=1S/C15H7F8N3O5/c16-13(17,18)10-5-8(25(27)28)6-11(26(29)30)12(10)24-7-1-3-9(4-2-7)31-15(22,23)14(19,20)21/h1-6,24H. The lowest BCUT2D eigenvalue weighted by atomic mass is 10.1. The second-order valence-electron chi connectivity index (χ2n) is 5.67. The van der Waals surface area contributed by atoms with E-state index in [4.69, 9.17) is 0 Å². The highest BCUT2D eigenvalue weighted by Crippen LogP contribution is 2.44. The van der Waals surface area contributed by atoms with Crippen molar-refractivity contribution in [2.75, 3.05) is 5.32 Å². The minimum atomic E-state index is -6.04. The Morgan fingerprint density at radius 3 is 1.81 bits per heavy atom.